The average molecular weight is 401 g/mol. The first-order valence-corrected chi connectivity index (χ1v) is 9.93. The fourth-order valence-electron chi connectivity index (χ4n) is 4.11. The van der Waals surface area contributed by atoms with E-state index in [0.29, 0.717) is 12.8 Å². The molecule has 0 bridgehead atoms. The molecule has 2 N–H and O–H groups in total. The lowest BCUT2D eigenvalue weighted by atomic mass is 9.76. The molecule has 156 valence electrons. The Morgan fingerprint density at radius 1 is 1.31 bits per heavy atom. The van der Waals surface area contributed by atoms with E-state index in [9.17, 15) is 19.2 Å². The standard InChI is InChI=1S/C21H27N3O5/c1-4-13(2)17(18(26)29-3)22-16(25)12-24-19(27)21(23-20(24)28)11-7-9-14-8-5-6-10-15(14)21/h5-6,8,10,13,17H,4,7,9,11-12H2,1-3H3,(H,22,25)(H,23,28)/t13-,17+,21+/m1/s1. The fourth-order valence-corrected chi connectivity index (χ4v) is 4.11. The predicted octanol–water partition coefficient (Wildman–Crippen LogP) is 1.47. The molecule has 1 heterocycles. The Morgan fingerprint density at radius 2 is 2.03 bits per heavy atom. The molecule has 1 aliphatic heterocycles. The van der Waals surface area contributed by atoms with Crippen LogP contribution in [0.4, 0.5) is 4.79 Å². The number of nitrogens with zero attached hydrogens (tertiary/aromatic N) is 1. The van der Waals surface area contributed by atoms with Crippen molar-refractivity contribution in [3.05, 3.63) is 35.4 Å². The van der Waals surface area contributed by atoms with Crippen molar-refractivity contribution in [3.8, 4) is 0 Å². The zero-order valence-corrected chi connectivity index (χ0v) is 17.0. The number of hydrogen-bond donors (Lipinski definition) is 2. The van der Waals surface area contributed by atoms with Gasteiger partial charge in [-0.05, 0) is 36.3 Å². The molecular weight excluding hydrogens is 374 g/mol. The van der Waals surface area contributed by atoms with E-state index in [0.717, 1.165) is 28.9 Å². The van der Waals surface area contributed by atoms with E-state index in [4.69, 9.17) is 4.74 Å². The van der Waals surface area contributed by atoms with Crippen LogP contribution in [0.5, 0.6) is 0 Å². The van der Waals surface area contributed by atoms with E-state index in [1.54, 1.807) is 0 Å². The molecule has 1 spiro atoms. The van der Waals surface area contributed by atoms with Gasteiger partial charge in [-0.3, -0.25) is 14.5 Å². The van der Waals surface area contributed by atoms with Crippen molar-refractivity contribution in [2.75, 3.05) is 13.7 Å². The Kier molecular flexibility index (Phi) is 5.91. The second-order valence-electron chi connectivity index (χ2n) is 7.69. The van der Waals surface area contributed by atoms with Gasteiger partial charge in [0.25, 0.3) is 5.91 Å². The van der Waals surface area contributed by atoms with E-state index in [1.165, 1.54) is 7.11 Å². The van der Waals surface area contributed by atoms with Gasteiger partial charge in [-0.15, -0.1) is 0 Å². The van der Waals surface area contributed by atoms with Crippen LogP contribution < -0.4 is 10.6 Å². The van der Waals surface area contributed by atoms with E-state index in [2.05, 4.69) is 10.6 Å². The lowest BCUT2D eigenvalue weighted by molar-refractivity contribution is -0.146. The number of carbonyl (C=O) groups excluding carboxylic acids is 4. The summed E-state index contributed by atoms with van der Waals surface area (Å²) in [5.41, 5.74) is 0.700. The number of carbonyl (C=O) groups is 4. The first-order valence-electron chi connectivity index (χ1n) is 9.93. The molecule has 2 aliphatic rings. The summed E-state index contributed by atoms with van der Waals surface area (Å²) in [6.07, 6.45) is 2.76. The summed E-state index contributed by atoms with van der Waals surface area (Å²) in [4.78, 5) is 51.3. The number of urea groups is 1. The summed E-state index contributed by atoms with van der Waals surface area (Å²) in [6, 6.07) is 6.13. The maximum Gasteiger partial charge on any atom is 0.328 e. The number of aryl methyl sites for hydroxylation is 1. The Bertz CT molecular complexity index is 839. The highest BCUT2D eigenvalue weighted by Crippen LogP contribution is 2.39. The van der Waals surface area contributed by atoms with E-state index < -0.39 is 41.9 Å². The second kappa shape index (κ2) is 8.23. The molecule has 3 rings (SSSR count). The summed E-state index contributed by atoms with van der Waals surface area (Å²) in [5.74, 6) is -1.71. The molecule has 0 aromatic heterocycles. The predicted molar refractivity (Wildman–Crippen MR) is 105 cm³/mol. The monoisotopic (exact) mass is 401 g/mol. The topological polar surface area (TPSA) is 105 Å². The first-order chi connectivity index (χ1) is 13.8. The molecule has 8 nitrogen and oxygen atoms in total. The largest absolute Gasteiger partial charge is 0.467 e. The third-order valence-corrected chi connectivity index (χ3v) is 5.94. The van der Waals surface area contributed by atoms with Crippen LogP contribution in [0.15, 0.2) is 24.3 Å². The maximum atomic E-state index is 13.2. The molecule has 1 aromatic carbocycles. The van der Waals surface area contributed by atoms with E-state index in [1.807, 2.05) is 38.1 Å². The summed E-state index contributed by atoms with van der Waals surface area (Å²) in [5, 5.41) is 5.43. The van der Waals surface area contributed by atoms with Gasteiger partial charge < -0.3 is 15.4 Å². The van der Waals surface area contributed by atoms with Crippen LogP contribution in [0, 0.1) is 5.92 Å². The average Bonchev–Trinajstić information content (AvgIpc) is 2.96. The third-order valence-electron chi connectivity index (χ3n) is 5.94. The number of amides is 4. The molecule has 1 aromatic rings. The Balaban J connectivity index is 1.78. The summed E-state index contributed by atoms with van der Waals surface area (Å²) in [7, 11) is 1.26. The quantitative estimate of drug-likeness (QED) is 0.555. The summed E-state index contributed by atoms with van der Waals surface area (Å²) in [6.45, 7) is 3.27. The van der Waals surface area contributed by atoms with Crippen LogP contribution >= 0.6 is 0 Å². The van der Waals surface area contributed by atoms with Crippen LogP contribution in [0.3, 0.4) is 0 Å². The molecule has 29 heavy (non-hydrogen) atoms. The number of benzene rings is 1. The Hall–Kier alpha value is -2.90. The number of imide groups is 1. The molecule has 8 heteroatoms. The van der Waals surface area contributed by atoms with E-state index >= 15 is 0 Å². The summed E-state index contributed by atoms with van der Waals surface area (Å²) < 4.78 is 4.76. The van der Waals surface area contributed by atoms with Gasteiger partial charge in [-0.2, -0.15) is 0 Å². The van der Waals surface area contributed by atoms with Gasteiger partial charge in [0, 0.05) is 0 Å². The van der Waals surface area contributed by atoms with Crippen LogP contribution in [-0.4, -0.2) is 48.4 Å². The zero-order valence-electron chi connectivity index (χ0n) is 17.0. The molecule has 0 radical (unpaired) electrons. The molecule has 3 atom stereocenters. The second-order valence-corrected chi connectivity index (χ2v) is 7.69. The minimum atomic E-state index is -1.12. The van der Waals surface area contributed by atoms with Crippen molar-refractivity contribution in [1.29, 1.82) is 0 Å². The summed E-state index contributed by atoms with van der Waals surface area (Å²) >= 11 is 0. The highest BCUT2D eigenvalue weighted by Gasteiger charge is 2.54. The number of nitrogens with one attached hydrogen (secondary N) is 2. The van der Waals surface area contributed by atoms with Crippen LogP contribution in [0.2, 0.25) is 0 Å². The first kappa shape index (κ1) is 20.8. The third kappa shape index (κ3) is 3.71. The van der Waals surface area contributed by atoms with Crippen molar-refractivity contribution in [1.82, 2.24) is 15.5 Å². The van der Waals surface area contributed by atoms with Crippen LogP contribution in [0.1, 0.15) is 44.2 Å². The smallest absolute Gasteiger partial charge is 0.328 e. The van der Waals surface area contributed by atoms with Crippen molar-refractivity contribution in [2.24, 2.45) is 5.92 Å². The number of rotatable bonds is 6. The number of esters is 1. The SMILES string of the molecule is CC[C@@H](C)[C@H](NC(=O)CN1C(=O)N[C@]2(CCCc3ccccc32)C1=O)C(=O)OC. The number of methoxy groups -OCH3 is 1. The molecule has 4 amide bonds. The number of fused-ring (bicyclic) bond motifs is 2. The Labute approximate surface area is 170 Å². The fraction of sp³-hybridized carbons (Fsp3) is 0.524. The lowest BCUT2D eigenvalue weighted by Crippen LogP contribution is -2.50. The zero-order chi connectivity index (χ0) is 21.2. The van der Waals surface area contributed by atoms with Gasteiger partial charge in [0.05, 0.1) is 7.11 Å². The van der Waals surface area contributed by atoms with Crippen LogP contribution in [0.25, 0.3) is 0 Å². The number of ether oxygens (including phenoxy) is 1. The van der Waals surface area contributed by atoms with Crippen molar-refractivity contribution >= 4 is 23.8 Å². The van der Waals surface area contributed by atoms with Crippen molar-refractivity contribution in [2.45, 2.75) is 51.1 Å². The van der Waals surface area contributed by atoms with Gasteiger partial charge in [0.15, 0.2) is 0 Å². The molecule has 0 saturated carbocycles. The molecule has 1 fully saturated rings. The van der Waals surface area contributed by atoms with Gasteiger partial charge in [0.2, 0.25) is 5.91 Å². The van der Waals surface area contributed by atoms with Gasteiger partial charge in [-0.1, -0.05) is 44.5 Å². The molecular formula is C21H27N3O5. The molecule has 1 saturated heterocycles. The maximum absolute atomic E-state index is 13.2. The highest BCUT2D eigenvalue weighted by molar-refractivity contribution is 6.09. The van der Waals surface area contributed by atoms with Gasteiger partial charge in [-0.25, -0.2) is 9.59 Å². The van der Waals surface area contributed by atoms with Gasteiger partial charge >= 0.3 is 12.0 Å². The van der Waals surface area contributed by atoms with E-state index in [-0.39, 0.29) is 5.92 Å². The molecule has 1 aliphatic carbocycles. The molecule has 0 unspecified atom stereocenters. The Morgan fingerprint density at radius 3 is 2.72 bits per heavy atom. The highest BCUT2D eigenvalue weighted by atomic mass is 16.5. The lowest BCUT2D eigenvalue weighted by Gasteiger charge is -2.33. The van der Waals surface area contributed by atoms with Crippen molar-refractivity contribution < 1.29 is 23.9 Å². The minimum Gasteiger partial charge on any atom is -0.467 e. The number of hydrogen-bond acceptors (Lipinski definition) is 5. The van der Waals surface area contributed by atoms with Crippen molar-refractivity contribution in [3.63, 3.8) is 0 Å². The normalized spacial score (nSPS) is 22.7. The van der Waals surface area contributed by atoms with Crippen LogP contribution in [-0.2, 0) is 31.1 Å². The minimum absolute atomic E-state index is 0.147. The van der Waals surface area contributed by atoms with Gasteiger partial charge in [0.1, 0.15) is 18.1 Å².